The summed E-state index contributed by atoms with van der Waals surface area (Å²) in [4.78, 5) is 23.7. The van der Waals surface area contributed by atoms with E-state index < -0.39 is 5.91 Å². The molecule has 172 valence electrons. The van der Waals surface area contributed by atoms with Crippen LogP contribution in [0.2, 0.25) is 10.0 Å². The lowest BCUT2D eigenvalue weighted by atomic mass is 10.1. The quantitative estimate of drug-likeness (QED) is 0.454. The molecule has 1 aliphatic rings. The van der Waals surface area contributed by atoms with Crippen LogP contribution < -0.4 is 0 Å². The van der Waals surface area contributed by atoms with E-state index in [9.17, 15) is 4.79 Å². The van der Waals surface area contributed by atoms with Crippen molar-refractivity contribution in [2.75, 3.05) is 13.2 Å². The number of halogens is 2. The van der Waals surface area contributed by atoms with Crippen molar-refractivity contribution in [1.29, 1.82) is 0 Å². The third-order valence-corrected chi connectivity index (χ3v) is 5.90. The van der Waals surface area contributed by atoms with Crippen molar-refractivity contribution in [3.63, 3.8) is 0 Å². The van der Waals surface area contributed by atoms with E-state index in [1.165, 1.54) is 11.6 Å². The molecule has 0 radical (unpaired) electrons. The van der Waals surface area contributed by atoms with Gasteiger partial charge in [-0.05, 0) is 29.7 Å². The van der Waals surface area contributed by atoms with Gasteiger partial charge in [-0.15, -0.1) is 0 Å². The topological polar surface area (TPSA) is 59.7 Å². The highest BCUT2D eigenvalue weighted by atomic mass is 35.5. The maximum absolute atomic E-state index is 12.8. The van der Waals surface area contributed by atoms with E-state index in [-0.39, 0.29) is 11.1 Å². The van der Waals surface area contributed by atoms with Gasteiger partial charge in [0.15, 0.2) is 0 Å². The number of rotatable bonds is 7. The van der Waals surface area contributed by atoms with Crippen molar-refractivity contribution in [1.82, 2.24) is 14.5 Å². The third-order valence-electron chi connectivity index (χ3n) is 5.35. The van der Waals surface area contributed by atoms with Crippen LogP contribution >= 0.6 is 23.2 Å². The Labute approximate surface area is 203 Å². The van der Waals surface area contributed by atoms with Crippen molar-refractivity contribution in [2.45, 2.75) is 32.9 Å². The van der Waals surface area contributed by atoms with Crippen LogP contribution in [0.3, 0.4) is 0 Å². The fourth-order valence-electron chi connectivity index (χ4n) is 3.83. The minimum absolute atomic E-state index is 0.0414. The Bertz CT molecular complexity index is 1140. The lowest BCUT2D eigenvalue weighted by Gasteiger charge is -2.24. The molecule has 3 aromatic rings. The van der Waals surface area contributed by atoms with Crippen LogP contribution in [-0.4, -0.2) is 45.6 Å². The first kappa shape index (κ1) is 23.3. The zero-order valence-electron chi connectivity index (χ0n) is 18.6. The van der Waals surface area contributed by atoms with Crippen LogP contribution in [0, 0.1) is 5.92 Å². The Morgan fingerprint density at radius 1 is 1.21 bits per heavy atom. The predicted molar refractivity (Wildman–Crippen MR) is 131 cm³/mol. The summed E-state index contributed by atoms with van der Waals surface area (Å²) < 4.78 is 7.94. The number of amides is 1. The van der Waals surface area contributed by atoms with Gasteiger partial charge in [0.2, 0.25) is 0 Å². The molecule has 8 heteroatoms. The van der Waals surface area contributed by atoms with Gasteiger partial charge in [-0.1, -0.05) is 67.4 Å². The minimum Gasteiger partial charge on any atom is -0.463 e. The number of nitrogens with zero attached hydrogens (tertiary/aromatic N) is 4. The number of aliphatic imine (C=N–C) groups is 1. The maximum Gasteiger partial charge on any atom is 0.296 e. The second kappa shape index (κ2) is 10.4. The van der Waals surface area contributed by atoms with E-state index in [2.05, 4.69) is 51.6 Å². The van der Waals surface area contributed by atoms with Crippen LogP contribution in [0.5, 0.6) is 0 Å². The number of benzene rings is 2. The summed E-state index contributed by atoms with van der Waals surface area (Å²) in [5, 5.41) is 0.736. The standard InChI is InChI=1S/C25H26Cl2N4O2/c1-17(2)12-31-21(11-20-14-30(16-28-20)13-18-6-4-3-5-7-18)15-33-25(31)29-24(32)22-9-8-19(26)10-23(22)27/h3-10,14,16-17,21H,11-13,15H2,1-2H3/t21-/m0/s1. The highest BCUT2D eigenvalue weighted by Gasteiger charge is 2.33. The van der Waals surface area contributed by atoms with Crippen molar-refractivity contribution in [3.8, 4) is 0 Å². The zero-order valence-corrected chi connectivity index (χ0v) is 20.1. The lowest BCUT2D eigenvalue weighted by Crippen LogP contribution is -2.38. The first-order valence-electron chi connectivity index (χ1n) is 10.9. The normalized spacial score (nSPS) is 17.1. The fourth-order valence-corrected chi connectivity index (χ4v) is 4.32. The molecule has 2 aromatic carbocycles. The Hall–Kier alpha value is -2.83. The van der Waals surface area contributed by atoms with Crippen LogP contribution in [-0.2, 0) is 17.7 Å². The van der Waals surface area contributed by atoms with Gasteiger partial charge in [0.1, 0.15) is 6.61 Å². The Morgan fingerprint density at radius 3 is 2.73 bits per heavy atom. The number of carbonyl (C=O) groups is 1. The molecule has 0 N–H and O–H groups in total. The molecule has 0 spiro atoms. The lowest BCUT2D eigenvalue weighted by molar-refractivity contribution is 0.0998. The number of amidine groups is 1. The molecule has 1 saturated heterocycles. The van der Waals surface area contributed by atoms with Gasteiger partial charge in [0, 0.05) is 30.7 Å². The number of ether oxygens (including phenoxy) is 1. The Morgan fingerprint density at radius 2 is 2.00 bits per heavy atom. The van der Waals surface area contributed by atoms with Gasteiger partial charge in [-0.25, -0.2) is 4.98 Å². The monoisotopic (exact) mass is 484 g/mol. The van der Waals surface area contributed by atoms with Crippen LogP contribution in [0.4, 0.5) is 0 Å². The molecule has 1 atom stereocenters. The predicted octanol–water partition coefficient (Wildman–Crippen LogP) is 5.33. The maximum atomic E-state index is 12.8. The number of hydrogen-bond acceptors (Lipinski definition) is 3. The van der Waals surface area contributed by atoms with E-state index in [1.807, 2.05) is 24.5 Å². The Balaban J connectivity index is 1.48. The average Bonchev–Trinajstić information content (AvgIpc) is 3.36. The number of hydrogen-bond donors (Lipinski definition) is 0. The highest BCUT2D eigenvalue weighted by Crippen LogP contribution is 2.23. The Kier molecular flexibility index (Phi) is 7.36. The van der Waals surface area contributed by atoms with Crippen molar-refractivity contribution in [2.24, 2.45) is 10.9 Å². The molecule has 1 fully saturated rings. The summed E-state index contributed by atoms with van der Waals surface area (Å²) in [6.45, 7) is 6.18. The molecule has 1 aliphatic heterocycles. The summed E-state index contributed by atoms with van der Waals surface area (Å²) in [6, 6.07) is 15.4. The number of imidazole rings is 1. The molecular weight excluding hydrogens is 459 g/mol. The minimum atomic E-state index is -0.451. The van der Waals surface area contributed by atoms with E-state index in [4.69, 9.17) is 27.9 Å². The van der Waals surface area contributed by atoms with Gasteiger partial charge in [0.25, 0.3) is 11.9 Å². The van der Waals surface area contributed by atoms with E-state index >= 15 is 0 Å². The van der Waals surface area contributed by atoms with Crippen LogP contribution in [0.15, 0.2) is 66.0 Å². The molecule has 0 saturated carbocycles. The van der Waals surface area contributed by atoms with E-state index in [0.29, 0.717) is 35.6 Å². The molecule has 0 aliphatic carbocycles. The summed E-state index contributed by atoms with van der Waals surface area (Å²) in [7, 11) is 0. The average molecular weight is 485 g/mol. The second-order valence-corrected chi connectivity index (χ2v) is 9.41. The van der Waals surface area contributed by atoms with Crippen molar-refractivity contribution >= 4 is 35.1 Å². The second-order valence-electron chi connectivity index (χ2n) is 8.56. The highest BCUT2D eigenvalue weighted by molar-refractivity contribution is 6.36. The van der Waals surface area contributed by atoms with Crippen molar-refractivity contribution < 1.29 is 9.53 Å². The number of aromatic nitrogens is 2. The first-order chi connectivity index (χ1) is 15.9. The van der Waals surface area contributed by atoms with Gasteiger partial charge in [0.05, 0.1) is 28.6 Å². The molecular formula is C25H26Cl2N4O2. The molecule has 33 heavy (non-hydrogen) atoms. The van der Waals surface area contributed by atoms with E-state index in [0.717, 1.165) is 18.8 Å². The molecule has 1 aromatic heterocycles. The molecule has 4 rings (SSSR count). The first-order valence-corrected chi connectivity index (χ1v) is 11.7. The van der Waals surface area contributed by atoms with Gasteiger partial charge < -0.3 is 14.2 Å². The molecule has 6 nitrogen and oxygen atoms in total. The fraction of sp³-hybridized carbons (Fsp3) is 0.320. The largest absolute Gasteiger partial charge is 0.463 e. The summed E-state index contributed by atoms with van der Waals surface area (Å²) in [5.41, 5.74) is 2.49. The van der Waals surface area contributed by atoms with Gasteiger partial charge in [-0.2, -0.15) is 4.99 Å². The SMILES string of the molecule is CC(C)CN1C(=NC(=O)c2ccc(Cl)cc2Cl)OC[C@@H]1Cc1cn(Cc2ccccc2)cn1. The summed E-state index contributed by atoms with van der Waals surface area (Å²) in [5.74, 6) is -0.0857. The van der Waals surface area contributed by atoms with Crippen molar-refractivity contribution in [3.05, 3.63) is 87.9 Å². The summed E-state index contributed by atoms with van der Waals surface area (Å²) >= 11 is 12.1. The molecule has 1 amide bonds. The molecule has 0 unspecified atom stereocenters. The summed E-state index contributed by atoms with van der Waals surface area (Å²) in [6.07, 6.45) is 4.61. The van der Waals surface area contributed by atoms with Crippen LogP contribution in [0.25, 0.3) is 0 Å². The van der Waals surface area contributed by atoms with Crippen LogP contribution in [0.1, 0.15) is 35.5 Å². The molecule has 2 heterocycles. The van der Waals surface area contributed by atoms with Gasteiger partial charge in [-0.3, -0.25) is 4.79 Å². The number of carbonyl (C=O) groups excluding carboxylic acids is 1. The van der Waals surface area contributed by atoms with Gasteiger partial charge >= 0.3 is 0 Å². The van der Waals surface area contributed by atoms with E-state index in [1.54, 1.807) is 12.1 Å². The third kappa shape index (κ3) is 5.95. The smallest absolute Gasteiger partial charge is 0.296 e. The zero-order chi connectivity index (χ0) is 23.4. The molecule has 0 bridgehead atoms.